The van der Waals surface area contributed by atoms with Gasteiger partial charge in [0.05, 0.1) is 0 Å². The fourth-order valence-electron chi connectivity index (χ4n) is 2.78. The molecule has 21 heavy (non-hydrogen) atoms. The molecule has 3 nitrogen and oxygen atoms in total. The number of hydrogen-bond donors (Lipinski definition) is 1. The van der Waals surface area contributed by atoms with Crippen molar-refractivity contribution in [3.8, 4) is 0 Å². The molecule has 1 aliphatic rings. The maximum absolute atomic E-state index is 12.7. The molecule has 1 fully saturated rings. The van der Waals surface area contributed by atoms with Gasteiger partial charge in [-0.2, -0.15) is 13.2 Å². The van der Waals surface area contributed by atoms with Gasteiger partial charge in [0.15, 0.2) is 0 Å². The highest BCUT2D eigenvalue weighted by Crippen LogP contribution is 2.36. The van der Waals surface area contributed by atoms with E-state index in [9.17, 15) is 18.0 Å². The van der Waals surface area contributed by atoms with Gasteiger partial charge >= 0.3 is 6.18 Å². The summed E-state index contributed by atoms with van der Waals surface area (Å²) in [7, 11) is 0. The van der Waals surface area contributed by atoms with Crippen molar-refractivity contribution < 1.29 is 18.0 Å². The van der Waals surface area contributed by atoms with Gasteiger partial charge in [-0.3, -0.25) is 4.79 Å². The van der Waals surface area contributed by atoms with E-state index in [0.717, 1.165) is 24.2 Å². The molecule has 6 heteroatoms. The number of nitrogens with two attached hydrogens (primary N) is 1. The topological polar surface area (TPSA) is 46.3 Å². The largest absolute Gasteiger partial charge is 0.406 e. The summed E-state index contributed by atoms with van der Waals surface area (Å²) in [5.41, 5.74) is 5.65. The number of halogens is 3. The predicted molar refractivity (Wildman–Crippen MR) is 76.6 cm³/mol. The second-order valence-corrected chi connectivity index (χ2v) is 6.65. The van der Waals surface area contributed by atoms with Gasteiger partial charge in [0, 0.05) is 12.5 Å². The molecule has 0 bridgehead atoms. The van der Waals surface area contributed by atoms with Crippen LogP contribution in [0.5, 0.6) is 0 Å². The summed E-state index contributed by atoms with van der Waals surface area (Å²) >= 11 is 0. The van der Waals surface area contributed by atoms with Crippen LogP contribution in [0.2, 0.25) is 0 Å². The molecule has 2 atom stereocenters. The Bertz CT molecular complexity index is 340. The monoisotopic (exact) mass is 308 g/mol. The average Bonchev–Trinajstić information content (AvgIpc) is 3.16. The SMILES string of the molecule is CC(C)C[C@H](CN)CC(=O)N(CC(F)(F)F)C(C)C1CC1. The van der Waals surface area contributed by atoms with E-state index < -0.39 is 18.6 Å². The van der Waals surface area contributed by atoms with Gasteiger partial charge in [-0.25, -0.2) is 0 Å². The minimum Gasteiger partial charge on any atom is -0.331 e. The third-order valence-electron chi connectivity index (χ3n) is 4.07. The molecule has 0 aromatic heterocycles. The highest BCUT2D eigenvalue weighted by molar-refractivity contribution is 5.77. The Kier molecular flexibility index (Phi) is 6.50. The van der Waals surface area contributed by atoms with Crippen LogP contribution in [0.4, 0.5) is 13.2 Å². The van der Waals surface area contributed by atoms with Crippen LogP contribution < -0.4 is 5.73 Å². The molecule has 124 valence electrons. The number of amides is 1. The fourth-order valence-corrected chi connectivity index (χ4v) is 2.78. The van der Waals surface area contributed by atoms with E-state index in [-0.39, 0.29) is 24.3 Å². The van der Waals surface area contributed by atoms with Gasteiger partial charge in [0.25, 0.3) is 0 Å². The number of alkyl halides is 3. The van der Waals surface area contributed by atoms with Crippen molar-refractivity contribution in [1.29, 1.82) is 0 Å². The van der Waals surface area contributed by atoms with Crippen molar-refractivity contribution in [2.45, 2.75) is 58.7 Å². The highest BCUT2D eigenvalue weighted by Gasteiger charge is 2.40. The lowest BCUT2D eigenvalue weighted by Gasteiger charge is -2.31. The molecule has 0 aliphatic heterocycles. The van der Waals surface area contributed by atoms with Crippen LogP contribution in [-0.2, 0) is 4.79 Å². The Labute approximate surface area is 125 Å². The lowest BCUT2D eigenvalue weighted by atomic mass is 9.93. The van der Waals surface area contributed by atoms with Crippen LogP contribution in [0, 0.1) is 17.8 Å². The first kappa shape index (κ1) is 18.3. The number of carbonyl (C=O) groups excluding carboxylic acids is 1. The van der Waals surface area contributed by atoms with E-state index in [1.54, 1.807) is 6.92 Å². The first-order valence-corrected chi connectivity index (χ1v) is 7.70. The van der Waals surface area contributed by atoms with Crippen LogP contribution in [0.15, 0.2) is 0 Å². The molecule has 1 amide bonds. The van der Waals surface area contributed by atoms with Crippen LogP contribution in [0.3, 0.4) is 0 Å². The number of hydrogen-bond acceptors (Lipinski definition) is 2. The zero-order valence-electron chi connectivity index (χ0n) is 13.1. The molecule has 0 heterocycles. The summed E-state index contributed by atoms with van der Waals surface area (Å²) in [5, 5.41) is 0. The molecule has 0 spiro atoms. The van der Waals surface area contributed by atoms with Crippen molar-refractivity contribution in [1.82, 2.24) is 4.90 Å². The lowest BCUT2D eigenvalue weighted by Crippen LogP contribution is -2.46. The molecule has 1 saturated carbocycles. The van der Waals surface area contributed by atoms with Crippen molar-refractivity contribution in [3.63, 3.8) is 0 Å². The number of rotatable bonds is 8. The summed E-state index contributed by atoms with van der Waals surface area (Å²) in [6.07, 6.45) is -1.65. The Hall–Kier alpha value is -0.780. The van der Waals surface area contributed by atoms with E-state index in [1.807, 2.05) is 13.8 Å². The summed E-state index contributed by atoms with van der Waals surface area (Å²) in [4.78, 5) is 13.3. The molecule has 1 unspecified atom stereocenters. The molecule has 1 rings (SSSR count). The van der Waals surface area contributed by atoms with E-state index in [2.05, 4.69) is 0 Å². The standard InChI is InChI=1S/C15H27F3N2O/c1-10(2)6-12(8-19)7-14(21)20(9-15(16,17)18)11(3)13-4-5-13/h10-13H,4-9,19H2,1-3H3/t11?,12-/m0/s1. The van der Waals surface area contributed by atoms with Gasteiger partial charge < -0.3 is 10.6 Å². The minimum absolute atomic E-state index is 0.0420. The maximum atomic E-state index is 12.7. The molecular weight excluding hydrogens is 281 g/mol. The van der Waals surface area contributed by atoms with Crippen LogP contribution in [0.1, 0.15) is 46.5 Å². The molecule has 0 saturated heterocycles. The van der Waals surface area contributed by atoms with Gasteiger partial charge in [-0.05, 0) is 50.5 Å². The molecule has 0 aromatic carbocycles. The average molecular weight is 308 g/mol. The van der Waals surface area contributed by atoms with Crippen molar-refractivity contribution >= 4 is 5.91 Å². The summed E-state index contributed by atoms with van der Waals surface area (Å²) < 4.78 is 38.2. The second-order valence-electron chi connectivity index (χ2n) is 6.65. The van der Waals surface area contributed by atoms with Gasteiger partial charge in [-0.15, -0.1) is 0 Å². The Morgan fingerprint density at radius 2 is 1.86 bits per heavy atom. The Morgan fingerprint density at radius 1 is 1.29 bits per heavy atom. The quantitative estimate of drug-likeness (QED) is 0.748. The smallest absolute Gasteiger partial charge is 0.331 e. The fraction of sp³-hybridized carbons (Fsp3) is 0.933. The molecule has 1 aliphatic carbocycles. The lowest BCUT2D eigenvalue weighted by molar-refractivity contribution is -0.166. The Balaban J connectivity index is 2.69. The normalized spacial score (nSPS) is 18.7. The number of carbonyl (C=O) groups is 1. The van der Waals surface area contributed by atoms with Crippen molar-refractivity contribution in [2.24, 2.45) is 23.5 Å². The van der Waals surface area contributed by atoms with Crippen LogP contribution in [-0.4, -0.2) is 36.1 Å². The van der Waals surface area contributed by atoms with Crippen LogP contribution >= 0.6 is 0 Å². The summed E-state index contributed by atoms with van der Waals surface area (Å²) in [5.74, 6) is 0.142. The zero-order chi connectivity index (χ0) is 16.2. The van der Waals surface area contributed by atoms with Gasteiger partial charge in [0.2, 0.25) is 5.91 Å². The summed E-state index contributed by atoms with van der Waals surface area (Å²) in [6.45, 7) is 4.95. The molecule has 0 aromatic rings. The molecular formula is C15H27F3N2O. The first-order valence-electron chi connectivity index (χ1n) is 7.70. The van der Waals surface area contributed by atoms with Crippen molar-refractivity contribution in [3.05, 3.63) is 0 Å². The van der Waals surface area contributed by atoms with Gasteiger partial charge in [0.1, 0.15) is 6.54 Å². The van der Waals surface area contributed by atoms with Gasteiger partial charge in [-0.1, -0.05) is 13.8 Å². The van der Waals surface area contributed by atoms with E-state index in [0.29, 0.717) is 12.5 Å². The summed E-state index contributed by atoms with van der Waals surface area (Å²) in [6, 6.07) is -0.336. The van der Waals surface area contributed by atoms with Crippen LogP contribution in [0.25, 0.3) is 0 Å². The molecule has 0 radical (unpaired) electrons. The number of nitrogens with zero attached hydrogens (tertiary/aromatic N) is 1. The maximum Gasteiger partial charge on any atom is 0.406 e. The zero-order valence-corrected chi connectivity index (χ0v) is 13.1. The first-order chi connectivity index (χ1) is 9.64. The third-order valence-corrected chi connectivity index (χ3v) is 4.07. The third kappa shape index (κ3) is 6.68. The minimum atomic E-state index is -4.35. The van der Waals surface area contributed by atoms with Crippen molar-refractivity contribution in [2.75, 3.05) is 13.1 Å². The highest BCUT2D eigenvalue weighted by atomic mass is 19.4. The predicted octanol–water partition coefficient (Wildman–Crippen LogP) is 3.19. The second kappa shape index (κ2) is 7.47. The Morgan fingerprint density at radius 3 is 2.24 bits per heavy atom. The van der Waals surface area contributed by atoms with E-state index in [1.165, 1.54) is 0 Å². The molecule has 2 N–H and O–H groups in total. The van der Waals surface area contributed by atoms with E-state index >= 15 is 0 Å². The van der Waals surface area contributed by atoms with E-state index in [4.69, 9.17) is 5.73 Å².